The number of rotatable bonds is 3. The zero-order valence-electron chi connectivity index (χ0n) is 13.7. The second-order valence-corrected chi connectivity index (χ2v) is 8.12. The second-order valence-electron chi connectivity index (χ2n) is 5.69. The van der Waals surface area contributed by atoms with Gasteiger partial charge in [-0.15, -0.1) is 0 Å². The minimum atomic E-state index is -3.72. The molecule has 0 aliphatic rings. The van der Waals surface area contributed by atoms with E-state index >= 15 is 0 Å². The number of nitrogens with one attached hydrogen (secondary N) is 1. The van der Waals surface area contributed by atoms with Crippen molar-refractivity contribution in [2.75, 3.05) is 4.72 Å². The lowest BCUT2D eigenvalue weighted by Gasteiger charge is -2.19. The first kappa shape index (κ1) is 18.1. The van der Waals surface area contributed by atoms with E-state index < -0.39 is 10.0 Å². The van der Waals surface area contributed by atoms with Crippen molar-refractivity contribution in [2.24, 2.45) is 0 Å². The SMILES string of the molecule is Cc1c(C)c(C)c(S(=O)(=O)Nc2ccc(Cl)c(Cl)c2)c(C)c1C. The highest BCUT2D eigenvalue weighted by Crippen LogP contribution is 2.32. The maximum Gasteiger partial charge on any atom is 0.262 e. The highest BCUT2D eigenvalue weighted by molar-refractivity contribution is 7.92. The third kappa shape index (κ3) is 3.35. The molecule has 0 aliphatic carbocycles. The van der Waals surface area contributed by atoms with Gasteiger partial charge in [0.15, 0.2) is 0 Å². The Hall–Kier alpha value is -1.23. The molecule has 0 radical (unpaired) electrons. The average Bonchev–Trinajstić information content (AvgIpc) is 2.46. The minimum Gasteiger partial charge on any atom is -0.280 e. The van der Waals surface area contributed by atoms with Crippen LogP contribution in [0.25, 0.3) is 0 Å². The fraction of sp³-hybridized carbons (Fsp3) is 0.294. The molecule has 2 aromatic carbocycles. The average molecular weight is 372 g/mol. The molecular weight excluding hydrogens is 353 g/mol. The molecule has 124 valence electrons. The summed E-state index contributed by atoms with van der Waals surface area (Å²) in [6, 6.07) is 4.65. The van der Waals surface area contributed by atoms with E-state index in [-0.39, 0.29) is 0 Å². The lowest BCUT2D eigenvalue weighted by molar-refractivity contribution is 0.599. The standard InChI is InChI=1S/C17H19Cl2NO2S/c1-9-10(2)12(4)17(13(5)11(9)3)23(21,22)20-14-6-7-15(18)16(19)8-14/h6-8,20H,1-5H3. The quantitative estimate of drug-likeness (QED) is 0.791. The second kappa shape index (κ2) is 6.34. The van der Waals surface area contributed by atoms with E-state index in [1.54, 1.807) is 12.1 Å². The summed E-state index contributed by atoms with van der Waals surface area (Å²) in [4.78, 5) is 0.323. The number of sulfonamides is 1. The first-order valence-electron chi connectivity index (χ1n) is 7.11. The smallest absolute Gasteiger partial charge is 0.262 e. The summed E-state index contributed by atoms with van der Waals surface area (Å²) in [5.41, 5.74) is 5.00. The van der Waals surface area contributed by atoms with Gasteiger partial charge in [0, 0.05) is 0 Å². The highest BCUT2D eigenvalue weighted by Gasteiger charge is 2.23. The highest BCUT2D eigenvalue weighted by atomic mass is 35.5. The number of hydrogen-bond acceptors (Lipinski definition) is 2. The molecule has 23 heavy (non-hydrogen) atoms. The fourth-order valence-electron chi connectivity index (χ4n) is 2.63. The van der Waals surface area contributed by atoms with Crippen LogP contribution >= 0.6 is 23.2 Å². The van der Waals surface area contributed by atoms with Gasteiger partial charge in [-0.05, 0) is 80.6 Å². The van der Waals surface area contributed by atoms with Crippen molar-refractivity contribution in [3.8, 4) is 0 Å². The van der Waals surface area contributed by atoms with E-state index in [1.165, 1.54) is 6.07 Å². The van der Waals surface area contributed by atoms with Crippen molar-refractivity contribution in [3.05, 3.63) is 56.1 Å². The number of anilines is 1. The van der Waals surface area contributed by atoms with Crippen molar-refractivity contribution in [2.45, 2.75) is 39.5 Å². The van der Waals surface area contributed by atoms with Gasteiger partial charge in [0.05, 0.1) is 20.6 Å². The van der Waals surface area contributed by atoms with Crippen molar-refractivity contribution < 1.29 is 8.42 Å². The summed E-state index contributed by atoms with van der Waals surface area (Å²) in [5.74, 6) is 0. The van der Waals surface area contributed by atoms with Crippen molar-refractivity contribution in [1.29, 1.82) is 0 Å². The van der Waals surface area contributed by atoms with Crippen LogP contribution in [0.15, 0.2) is 23.1 Å². The van der Waals surface area contributed by atoms with Crippen LogP contribution in [0.2, 0.25) is 10.0 Å². The Labute approximate surface area is 147 Å². The maximum atomic E-state index is 12.9. The molecule has 2 rings (SSSR count). The molecular formula is C17H19Cl2NO2S. The van der Waals surface area contributed by atoms with E-state index in [9.17, 15) is 8.42 Å². The molecule has 0 atom stereocenters. The van der Waals surface area contributed by atoms with E-state index in [1.807, 2.05) is 34.6 Å². The molecule has 0 bridgehead atoms. The number of hydrogen-bond donors (Lipinski definition) is 1. The Morgan fingerprint density at radius 3 is 1.74 bits per heavy atom. The first-order chi connectivity index (χ1) is 10.6. The van der Waals surface area contributed by atoms with Gasteiger partial charge in [0.1, 0.15) is 0 Å². The summed E-state index contributed by atoms with van der Waals surface area (Å²) >= 11 is 11.8. The van der Waals surface area contributed by atoms with Crippen LogP contribution in [0.1, 0.15) is 27.8 Å². The van der Waals surface area contributed by atoms with Crippen LogP contribution in [0.5, 0.6) is 0 Å². The predicted octanol–water partition coefficient (Wildman–Crippen LogP) is 5.34. The third-order valence-corrected chi connectivity index (χ3v) is 6.77. The van der Waals surface area contributed by atoms with E-state index in [2.05, 4.69) is 4.72 Å². The molecule has 3 nitrogen and oxygen atoms in total. The summed E-state index contributed by atoms with van der Waals surface area (Å²) in [6.45, 7) is 9.55. The van der Waals surface area contributed by atoms with Crippen LogP contribution < -0.4 is 4.72 Å². The molecule has 1 N–H and O–H groups in total. The normalized spacial score (nSPS) is 11.6. The minimum absolute atomic E-state index is 0.302. The zero-order chi connectivity index (χ0) is 17.5. The Kier molecular flexibility index (Phi) is 5.00. The Balaban J connectivity index is 2.58. The van der Waals surface area contributed by atoms with E-state index in [0.717, 1.165) is 27.8 Å². The lowest BCUT2D eigenvalue weighted by atomic mass is 9.95. The maximum absolute atomic E-state index is 12.9. The number of benzene rings is 2. The molecule has 2 aromatic rings. The van der Waals surface area contributed by atoms with Gasteiger partial charge in [0.2, 0.25) is 0 Å². The van der Waals surface area contributed by atoms with Gasteiger partial charge in [-0.2, -0.15) is 0 Å². The molecule has 6 heteroatoms. The molecule has 0 spiro atoms. The van der Waals surface area contributed by atoms with Gasteiger partial charge in [-0.3, -0.25) is 4.72 Å². The van der Waals surface area contributed by atoms with Crippen LogP contribution in [0.4, 0.5) is 5.69 Å². The molecule has 0 fully saturated rings. The molecule has 0 aromatic heterocycles. The number of halogens is 2. The van der Waals surface area contributed by atoms with Gasteiger partial charge in [-0.25, -0.2) is 8.42 Å². The van der Waals surface area contributed by atoms with Crippen molar-refractivity contribution >= 4 is 38.9 Å². The molecule has 0 saturated heterocycles. The fourth-order valence-corrected chi connectivity index (χ4v) is 4.58. The van der Waals surface area contributed by atoms with Gasteiger partial charge in [0.25, 0.3) is 10.0 Å². The van der Waals surface area contributed by atoms with Crippen LogP contribution in [0.3, 0.4) is 0 Å². The van der Waals surface area contributed by atoms with Crippen molar-refractivity contribution in [1.82, 2.24) is 0 Å². The molecule has 0 heterocycles. The Morgan fingerprint density at radius 2 is 1.26 bits per heavy atom. The van der Waals surface area contributed by atoms with Gasteiger partial charge >= 0.3 is 0 Å². The summed E-state index contributed by atoms with van der Waals surface area (Å²) in [5, 5.41) is 0.681. The zero-order valence-corrected chi connectivity index (χ0v) is 16.0. The predicted molar refractivity (Wildman–Crippen MR) is 97.4 cm³/mol. The van der Waals surface area contributed by atoms with Crippen LogP contribution in [0, 0.1) is 34.6 Å². The largest absolute Gasteiger partial charge is 0.280 e. The summed E-state index contributed by atoms with van der Waals surface area (Å²) < 4.78 is 28.3. The Morgan fingerprint density at radius 1 is 0.783 bits per heavy atom. The first-order valence-corrected chi connectivity index (χ1v) is 9.35. The summed E-state index contributed by atoms with van der Waals surface area (Å²) in [6.07, 6.45) is 0. The monoisotopic (exact) mass is 371 g/mol. The topological polar surface area (TPSA) is 46.2 Å². The van der Waals surface area contributed by atoms with Crippen LogP contribution in [-0.2, 0) is 10.0 Å². The van der Waals surface area contributed by atoms with E-state index in [4.69, 9.17) is 23.2 Å². The molecule has 0 saturated carbocycles. The van der Waals surface area contributed by atoms with E-state index in [0.29, 0.717) is 20.6 Å². The molecule has 0 amide bonds. The van der Waals surface area contributed by atoms with Crippen molar-refractivity contribution in [3.63, 3.8) is 0 Å². The van der Waals surface area contributed by atoms with Gasteiger partial charge in [-0.1, -0.05) is 23.2 Å². The summed E-state index contributed by atoms with van der Waals surface area (Å²) in [7, 11) is -3.72. The third-order valence-electron chi connectivity index (χ3n) is 4.37. The molecule has 0 unspecified atom stereocenters. The van der Waals surface area contributed by atoms with Crippen LogP contribution in [-0.4, -0.2) is 8.42 Å². The van der Waals surface area contributed by atoms with Gasteiger partial charge < -0.3 is 0 Å². The lowest BCUT2D eigenvalue weighted by Crippen LogP contribution is -2.17. The Bertz CT molecular complexity index is 861. The molecule has 0 aliphatic heterocycles.